The fourth-order valence-electron chi connectivity index (χ4n) is 2.04. The fourth-order valence-corrected chi connectivity index (χ4v) is 2.04. The van der Waals surface area contributed by atoms with Crippen molar-refractivity contribution in [2.75, 3.05) is 12.4 Å². The van der Waals surface area contributed by atoms with Crippen molar-refractivity contribution in [3.63, 3.8) is 0 Å². The molecule has 2 aromatic rings. The quantitative estimate of drug-likeness (QED) is 0.832. The SMILES string of the molecule is COc1ccc(C(=O)Cc2ccncc2)cc1NC(=O)C(C)C. The lowest BCUT2D eigenvalue weighted by atomic mass is 10.0. The van der Waals surface area contributed by atoms with E-state index in [2.05, 4.69) is 10.3 Å². The number of methoxy groups -OCH3 is 1. The molecule has 0 saturated carbocycles. The maximum absolute atomic E-state index is 12.4. The fraction of sp³-hybridized carbons (Fsp3) is 0.278. The number of hydrogen-bond donors (Lipinski definition) is 1. The highest BCUT2D eigenvalue weighted by molar-refractivity contribution is 6.00. The molecule has 0 bridgehead atoms. The first kappa shape index (κ1) is 16.7. The van der Waals surface area contributed by atoms with E-state index in [4.69, 9.17) is 4.74 Å². The van der Waals surface area contributed by atoms with E-state index in [9.17, 15) is 9.59 Å². The molecule has 1 N–H and O–H groups in total. The lowest BCUT2D eigenvalue weighted by Gasteiger charge is -2.13. The van der Waals surface area contributed by atoms with E-state index in [1.54, 1.807) is 44.4 Å². The molecular formula is C18H20N2O3. The van der Waals surface area contributed by atoms with Crippen molar-refractivity contribution < 1.29 is 14.3 Å². The summed E-state index contributed by atoms with van der Waals surface area (Å²) in [5.41, 5.74) is 1.93. The predicted molar refractivity (Wildman–Crippen MR) is 88.7 cm³/mol. The van der Waals surface area contributed by atoms with Crippen LogP contribution in [0.2, 0.25) is 0 Å². The normalized spacial score (nSPS) is 10.4. The van der Waals surface area contributed by atoms with Crippen LogP contribution in [0.1, 0.15) is 29.8 Å². The molecule has 120 valence electrons. The van der Waals surface area contributed by atoms with Crippen LogP contribution in [0.4, 0.5) is 5.69 Å². The van der Waals surface area contributed by atoms with Crippen LogP contribution in [0.5, 0.6) is 5.75 Å². The molecule has 1 aromatic heterocycles. The van der Waals surface area contributed by atoms with Gasteiger partial charge in [-0.05, 0) is 35.9 Å². The Bertz CT molecular complexity index is 697. The third-order valence-corrected chi connectivity index (χ3v) is 3.42. The van der Waals surface area contributed by atoms with Crippen LogP contribution in [0.3, 0.4) is 0 Å². The number of benzene rings is 1. The molecule has 23 heavy (non-hydrogen) atoms. The lowest BCUT2D eigenvalue weighted by Crippen LogP contribution is -2.18. The van der Waals surface area contributed by atoms with E-state index in [-0.39, 0.29) is 24.0 Å². The Kier molecular flexibility index (Phi) is 5.46. The Balaban J connectivity index is 2.22. The average molecular weight is 312 g/mol. The van der Waals surface area contributed by atoms with Crippen molar-refractivity contribution in [1.29, 1.82) is 0 Å². The Morgan fingerprint density at radius 3 is 2.48 bits per heavy atom. The summed E-state index contributed by atoms with van der Waals surface area (Å²) >= 11 is 0. The molecule has 1 aromatic carbocycles. The monoisotopic (exact) mass is 312 g/mol. The minimum Gasteiger partial charge on any atom is -0.495 e. The van der Waals surface area contributed by atoms with Crippen LogP contribution in [0.25, 0.3) is 0 Å². The number of ether oxygens (including phenoxy) is 1. The Hall–Kier alpha value is -2.69. The molecule has 0 aliphatic heterocycles. The highest BCUT2D eigenvalue weighted by atomic mass is 16.5. The van der Waals surface area contributed by atoms with Gasteiger partial charge in [0.15, 0.2) is 5.78 Å². The summed E-state index contributed by atoms with van der Waals surface area (Å²) < 4.78 is 5.24. The van der Waals surface area contributed by atoms with Crippen LogP contribution >= 0.6 is 0 Å². The van der Waals surface area contributed by atoms with E-state index in [0.29, 0.717) is 17.0 Å². The topological polar surface area (TPSA) is 68.3 Å². The highest BCUT2D eigenvalue weighted by Gasteiger charge is 2.14. The molecule has 0 aliphatic rings. The largest absolute Gasteiger partial charge is 0.495 e. The van der Waals surface area contributed by atoms with Gasteiger partial charge in [0.25, 0.3) is 0 Å². The first-order valence-corrected chi connectivity index (χ1v) is 7.42. The first-order chi connectivity index (χ1) is 11.0. The maximum Gasteiger partial charge on any atom is 0.227 e. The molecule has 2 rings (SSSR count). The summed E-state index contributed by atoms with van der Waals surface area (Å²) in [5, 5.41) is 2.79. The number of aromatic nitrogens is 1. The van der Waals surface area contributed by atoms with Crippen molar-refractivity contribution in [3.05, 3.63) is 53.9 Å². The second-order valence-corrected chi connectivity index (χ2v) is 5.51. The number of hydrogen-bond acceptors (Lipinski definition) is 4. The summed E-state index contributed by atoms with van der Waals surface area (Å²) in [7, 11) is 1.53. The molecule has 0 aliphatic carbocycles. The standard InChI is InChI=1S/C18H20N2O3/c1-12(2)18(22)20-15-11-14(4-5-17(15)23-3)16(21)10-13-6-8-19-9-7-13/h4-9,11-12H,10H2,1-3H3,(H,20,22). The summed E-state index contributed by atoms with van der Waals surface area (Å²) in [6.07, 6.45) is 3.60. The van der Waals surface area contributed by atoms with Gasteiger partial charge in [-0.15, -0.1) is 0 Å². The van der Waals surface area contributed by atoms with Crippen molar-refractivity contribution in [1.82, 2.24) is 4.98 Å². The second-order valence-electron chi connectivity index (χ2n) is 5.51. The van der Waals surface area contributed by atoms with Crippen molar-refractivity contribution in [2.24, 2.45) is 5.92 Å². The lowest BCUT2D eigenvalue weighted by molar-refractivity contribution is -0.118. The van der Waals surface area contributed by atoms with Crippen molar-refractivity contribution in [3.8, 4) is 5.75 Å². The number of anilines is 1. The van der Waals surface area contributed by atoms with Crippen LogP contribution in [-0.2, 0) is 11.2 Å². The number of rotatable bonds is 6. The summed E-state index contributed by atoms with van der Waals surface area (Å²) in [6, 6.07) is 8.66. The van der Waals surface area contributed by atoms with Gasteiger partial charge in [-0.25, -0.2) is 0 Å². The molecule has 0 radical (unpaired) electrons. The molecule has 0 atom stereocenters. The van der Waals surface area contributed by atoms with Gasteiger partial charge >= 0.3 is 0 Å². The minimum absolute atomic E-state index is 0.0288. The van der Waals surface area contributed by atoms with E-state index in [0.717, 1.165) is 5.56 Å². The first-order valence-electron chi connectivity index (χ1n) is 7.42. The number of carbonyl (C=O) groups is 2. The maximum atomic E-state index is 12.4. The van der Waals surface area contributed by atoms with Gasteiger partial charge in [0, 0.05) is 30.3 Å². The zero-order valence-electron chi connectivity index (χ0n) is 13.5. The number of carbonyl (C=O) groups excluding carboxylic acids is 2. The number of pyridine rings is 1. The van der Waals surface area contributed by atoms with E-state index >= 15 is 0 Å². The Morgan fingerprint density at radius 2 is 1.87 bits per heavy atom. The second kappa shape index (κ2) is 7.54. The summed E-state index contributed by atoms with van der Waals surface area (Å²) in [6.45, 7) is 3.61. The predicted octanol–water partition coefficient (Wildman–Crippen LogP) is 3.11. The van der Waals surface area contributed by atoms with Crippen LogP contribution in [0.15, 0.2) is 42.7 Å². The van der Waals surface area contributed by atoms with Crippen molar-refractivity contribution in [2.45, 2.75) is 20.3 Å². The van der Waals surface area contributed by atoms with E-state index < -0.39 is 0 Å². The Morgan fingerprint density at radius 1 is 1.17 bits per heavy atom. The van der Waals surface area contributed by atoms with Crippen LogP contribution in [-0.4, -0.2) is 23.8 Å². The molecule has 1 amide bonds. The summed E-state index contributed by atoms with van der Waals surface area (Å²) in [4.78, 5) is 28.2. The number of Topliss-reactive ketones (excluding diaryl/α,β-unsaturated/α-hetero) is 1. The summed E-state index contributed by atoms with van der Waals surface area (Å²) in [5.74, 6) is 0.219. The van der Waals surface area contributed by atoms with Crippen LogP contribution < -0.4 is 10.1 Å². The zero-order chi connectivity index (χ0) is 16.8. The van der Waals surface area contributed by atoms with Gasteiger partial charge in [-0.3, -0.25) is 14.6 Å². The third-order valence-electron chi connectivity index (χ3n) is 3.42. The molecular weight excluding hydrogens is 292 g/mol. The number of ketones is 1. The van der Waals surface area contributed by atoms with Gasteiger partial charge in [-0.2, -0.15) is 0 Å². The average Bonchev–Trinajstić information content (AvgIpc) is 2.55. The number of nitrogens with one attached hydrogen (secondary N) is 1. The van der Waals surface area contributed by atoms with Gasteiger partial charge in [-0.1, -0.05) is 13.8 Å². The van der Waals surface area contributed by atoms with Gasteiger partial charge < -0.3 is 10.1 Å². The van der Waals surface area contributed by atoms with E-state index in [1.807, 2.05) is 12.1 Å². The number of amides is 1. The van der Waals surface area contributed by atoms with E-state index in [1.165, 1.54) is 7.11 Å². The van der Waals surface area contributed by atoms with Gasteiger partial charge in [0.05, 0.1) is 12.8 Å². The Labute approximate surface area is 135 Å². The van der Waals surface area contributed by atoms with Crippen LogP contribution in [0, 0.1) is 5.92 Å². The molecule has 0 saturated heterocycles. The van der Waals surface area contributed by atoms with Gasteiger partial charge in [0.1, 0.15) is 5.75 Å². The highest BCUT2D eigenvalue weighted by Crippen LogP contribution is 2.26. The third kappa shape index (κ3) is 4.39. The molecule has 0 fully saturated rings. The minimum atomic E-state index is -0.157. The molecule has 5 nitrogen and oxygen atoms in total. The molecule has 0 unspecified atom stereocenters. The molecule has 5 heteroatoms. The molecule has 1 heterocycles. The van der Waals surface area contributed by atoms with Gasteiger partial charge in [0.2, 0.25) is 5.91 Å². The number of nitrogens with zero attached hydrogens (tertiary/aromatic N) is 1. The zero-order valence-corrected chi connectivity index (χ0v) is 13.5. The smallest absolute Gasteiger partial charge is 0.227 e. The molecule has 0 spiro atoms. The van der Waals surface area contributed by atoms with Crippen molar-refractivity contribution >= 4 is 17.4 Å².